The van der Waals surface area contributed by atoms with Crippen LogP contribution in [0.4, 0.5) is 10.1 Å². The standard InChI is InChI=1S/C17H13FN2O2/c18-13-3-5-14(6-4-13)20-17(21)11-22-15-7-8-16-12(10-15)2-1-9-19-16/h1-10H,11H2,(H,20,21). The van der Waals surface area contributed by atoms with E-state index in [-0.39, 0.29) is 18.3 Å². The maximum Gasteiger partial charge on any atom is 0.262 e. The van der Waals surface area contributed by atoms with E-state index in [0.29, 0.717) is 11.4 Å². The number of ether oxygens (including phenoxy) is 1. The van der Waals surface area contributed by atoms with E-state index in [1.165, 1.54) is 24.3 Å². The number of fused-ring (bicyclic) bond motifs is 1. The third-order valence-electron chi connectivity index (χ3n) is 3.07. The Morgan fingerprint density at radius 1 is 1.14 bits per heavy atom. The molecule has 2 aromatic carbocycles. The SMILES string of the molecule is O=C(COc1ccc2ncccc2c1)Nc1ccc(F)cc1. The van der Waals surface area contributed by atoms with Gasteiger partial charge in [-0.05, 0) is 48.5 Å². The number of hydrogen-bond donors (Lipinski definition) is 1. The van der Waals surface area contributed by atoms with Crippen LogP contribution >= 0.6 is 0 Å². The Labute approximate surface area is 126 Å². The van der Waals surface area contributed by atoms with Crippen molar-refractivity contribution in [3.8, 4) is 5.75 Å². The van der Waals surface area contributed by atoms with Crippen LogP contribution in [-0.4, -0.2) is 17.5 Å². The van der Waals surface area contributed by atoms with E-state index >= 15 is 0 Å². The fourth-order valence-electron chi connectivity index (χ4n) is 2.02. The maximum atomic E-state index is 12.8. The lowest BCUT2D eigenvalue weighted by molar-refractivity contribution is -0.118. The maximum absolute atomic E-state index is 12.8. The molecule has 0 saturated heterocycles. The van der Waals surface area contributed by atoms with Crippen molar-refractivity contribution in [2.45, 2.75) is 0 Å². The van der Waals surface area contributed by atoms with Gasteiger partial charge in [0.1, 0.15) is 11.6 Å². The third kappa shape index (κ3) is 3.38. The van der Waals surface area contributed by atoms with Crippen LogP contribution in [0.2, 0.25) is 0 Å². The Bertz CT molecular complexity index is 803. The Balaban J connectivity index is 1.60. The van der Waals surface area contributed by atoms with Gasteiger partial charge in [0.25, 0.3) is 5.91 Å². The van der Waals surface area contributed by atoms with E-state index in [1.807, 2.05) is 24.3 Å². The number of halogens is 1. The average Bonchev–Trinajstić information content (AvgIpc) is 2.55. The molecule has 3 rings (SSSR count). The van der Waals surface area contributed by atoms with Gasteiger partial charge < -0.3 is 10.1 Å². The van der Waals surface area contributed by atoms with Crippen LogP contribution < -0.4 is 10.1 Å². The molecular formula is C17H13FN2O2. The molecule has 0 unspecified atom stereocenters. The number of pyridine rings is 1. The molecule has 22 heavy (non-hydrogen) atoms. The Morgan fingerprint density at radius 2 is 1.95 bits per heavy atom. The van der Waals surface area contributed by atoms with Crippen LogP contribution in [0.15, 0.2) is 60.8 Å². The minimum atomic E-state index is -0.348. The summed E-state index contributed by atoms with van der Waals surface area (Å²) in [6.45, 7) is -0.122. The predicted molar refractivity (Wildman–Crippen MR) is 82.3 cm³/mol. The summed E-state index contributed by atoms with van der Waals surface area (Å²) in [5.74, 6) is -0.0633. The van der Waals surface area contributed by atoms with Crippen molar-refractivity contribution in [1.82, 2.24) is 4.98 Å². The number of hydrogen-bond acceptors (Lipinski definition) is 3. The number of benzene rings is 2. The Kier molecular flexibility index (Phi) is 3.96. The number of nitrogens with zero attached hydrogens (tertiary/aromatic N) is 1. The lowest BCUT2D eigenvalue weighted by Crippen LogP contribution is -2.20. The van der Waals surface area contributed by atoms with Crippen molar-refractivity contribution in [3.05, 3.63) is 66.6 Å². The molecule has 0 aliphatic heterocycles. The van der Waals surface area contributed by atoms with Crippen molar-refractivity contribution >= 4 is 22.5 Å². The molecule has 5 heteroatoms. The molecule has 1 aromatic heterocycles. The summed E-state index contributed by atoms with van der Waals surface area (Å²) in [4.78, 5) is 16.0. The third-order valence-corrected chi connectivity index (χ3v) is 3.07. The molecule has 1 N–H and O–H groups in total. The number of carbonyl (C=O) groups excluding carboxylic acids is 1. The molecule has 0 bridgehead atoms. The van der Waals surface area contributed by atoms with Gasteiger partial charge in [-0.1, -0.05) is 6.07 Å². The van der Waals surface area contributed by atoms with E-state index in [1.54, 1.807) is 12.3 Å². The summed E-state index contributed by atoms with van der Waals surface area (Å²) >= 11 is 0. The minimum Gasteiger partial charge on any atom is -0.484 e. The predicted octanol–water partition coefficient (Wildman–Crippen LogP) is 3.39. The molecule has 1 heterocycles. The highest BCUT2D eigenvalue weighted by Crippen LogP contribution is 2.18. The zero-order chi connectivity index (χ0) is 15.4. The molecule has 1 amide bonds. The van der Waals surface area contributed by atoms with Crippen LogP contribution in [0.1, 0.15) is 0 Å². The molecule has 0 radical (unpaired) electrons. The molecule has 0 saturated carbocycles. The second-order valence-electron chi connectivity index (χ2n) is 4.70. The van der Waals surface area contributed by atoms with Gasteiger partial charge in [-0.15, -0.1) is 0 Å². The van der Waals surface area contributed by atoms with Crippen LogP contribution in [0.5, 0.6) is 5.75 Å². The number of nitrogens with one attached hydrogen (secondary N) is 1. The summed E-state index contributed by atoms with van der Waals surface area (Å²) in [6, 6.07) is 14.8. The van der Waals surface area contributed by atoms with Crippen LogP contribution in [-0.2, 0) is 4.79 Å². The fourth-order valence-corrected chi connectivity index (χ4v) is 2.02. The van der Waals surface area contributed by atoms with Crippen LogP contribution in [0, 0.1) is 5.82 Å². The van der Waals surface area contributed by atoms with Gasteiger partial charge in [0, 0.05) is 17.3 Å². The molecule has 0 atom stereocenters. The quantitative estimate of drug-likeness (QED) is 0.803. The van der Waals surface area contributed by atoms with Gasteiger partial charge in [0.2, 0.25) is 0 Å². The molecule has 0 fully saturated rings. The summed E-state index contributed by atoms with van der Waals surface area (Å²) in [5.41, 5.74) is 1.39. The van der Waals surface area contributed by atoms with Crippen molar-refractivity contribution in [2.24, 2.45) is 0 Å². The largest absolute Gasteiger partial charge is 0.484 e. The van der Waals surface area contributed by atoms with E-state index in [9.17, 15) is 9.18 Å². The van der Waals surface area contributed by atoms with E-state index < -0.39 is 0 Å². The summed E-state index contributed by atoms with van der Waals surface area (Å²) in [6.07, 6.45) is 1.72. The Hall–Kier alpha value is -2.95. The Morgan fingerprint density at radius 3 is 2.77 bits per heavy atom. The summed E-state index contributed by atoms with van der Waals surface area (Å²) in [7, 11) is 0. The lowest BCUT2D eigenvalue weighted by atomic mass is 10.2. The second-order valence-corrected chi connectivity index (χ2v) is 4.70. The van der Waals surface area contributed by atoms with Crippen LogP contribution in [0.3, 0.4) is 0 Å². The van der Waals surface area contributed by atoms with Crippen molar-refractivity contribution in [1.29, 1.82) is 0 Å². The van der Waals surface area contributed by atoms with Crippen molar-refractivity contribution in [3.63, 3.8) is 0 Å². The zero-order valence-corrected chi connectivity index (χ0v) is 11.6. The average molecular weight is 296 g/mol. The van der Waals surface area contributed by atoms with Gasteiger partial charge >= 0.3 is 0 Å². The van der Waals surface area contributed by atoms with Gasteiger partial charge in [0.05, 0.1) is 5.52 Å². The molecule has 110 valence electrons. The van der Waals surface area contributed by atoms with Gasteiger partial charge in [0.15, 0.2) is 6.61 Å². The van der Waals surface area contributed by atoms with Gasteiger partial charge in [-0.3, -0.25) is 9.78 Å². The van der Waals surface area contributed by atoms with Crippen LogP contribution in [0.25, 0.3) is 10.9 Å². The van der Waals surface area contributed by atoms with E-state index in [0.717, 1.165) is 10.9 Å². The summed E-state index contributed by atoms with van der Waals surface area (Å²) < 4.78 is 18.2. The summed E-state index contributed by atoms with van der Waals surface area (Å²) in [5, 5.41) is 3.58. The van der Waals surface area contributed by atoms with Crippen molar-refractivity contribution in [2.75, 3.05) is 11.9 Å². The second kappa shape index (κ2) is 6.22. The number of aromatic nitrogens is 1. The zero-order valence-electron chi connectivity index (χ0n) is 11.6. The monoisotopic (exact) mass is 296 g/mol. The van der Waals surface area contributed by atoms with Crippen molar-refractivity contribution < 1.29 is 13.9 Å². The number of rotatable bonds is 4. The normalized spacial score (nSPS) is 10.4. The topological polar surface area (TPSA) is 51.2 Å². The smallest absolute Gasteiger partial charge is 0.262 e. The first kappa shape index (κ1) is 14.0. The number of carbonyl (C=O) groups is 1. The molecule has 4 nitrogen and oxygen atoms in total. The molecular weight excluding hydrogens is 283 g/mol. The highest BCUT2D eigenvalue weighted by molar-refractivity contribution is 5.91. The first-order chi connectivity index (χ1) is 10.7. The number of anilines is 1. The highest BCUT2D eigenvalue weighted by atomic mass is 19.1. The van der Waals surface area contributed by atoms with E-state index in [2.05, 4.69) is 10.3 Å². The highest BCUT2D eigenvalue weighted by Gasteiger charge is 2.05. The van der Waals surface area contributed by atoms with E-state index in [4.69, 9.17) is 4.74 Å². The molecule has 3 aromatic rings. The van der Waals surface area contributed by atoms with Gasteiger partial charge in [-0.25, -0.2) is 4.39 Å². The minimum absolute atomic E-state index is 0.122. The fraction of sp³-hybridized carbons (Fsp3) is 0.0588. The molecule has 0 aliphatic carbocycles. The molecule has 0 aliphatic rings. The lowest BCUT2D eigenvalue weighted by Gasteiger charge is -2.08. The first-order valence-electron chi connectivity index (χ1n) is 6.74. The number of amides is 1. The van der Waals surface area contributed by atoms with Gasteiger partial charge in [-0.2, -0.15) is 0 Å². The molecule has 0 spiro atoms. The first-order valence-corrected chi connectivity index (χ1v) is 6.74.